The number of carbonyl (C=O) groups is 1. The smallest absolute Gasteiger partial charge is 0.319 e. The maximum absolute atomic E-state index is 12.2. The lowest BCUT2D eigenvalue weighted by Crippen LogP contribution is -2.30. The number of aromatic nitrogens is 1. The largest absolute Gasteiger partial charge is 0.347 e. The Morgan fingerprint density at radius 1 is 1.10 bits per heavy atom. The number of amides is 2. The third-order valence-corrected chi connectivity index (χ3v) is 5.47. The highest BCUT2D eigenvalue weighted by Gasteiger charge is 2.08. The summed E-state index contributed by atoms with van der Waals surface area (Å²) in [5, 5.41) is 11.8. The number of primary sulfonamides is 1. The molecular formula is C21H26N4O3S. The summed E-state index contributed by atoms with van der Waals surface area (Å²) >= 11 is 0. The average molecular weight is 415 g/mol. The second kappa shape index (κ2) is 8.67. The Morgan fingerprint density at radius 2 is 1.83 bits per heavy atom. The molecule has 3 aromatic rings. The Hall–Kier alpha value is -2.84. The number of hydrogen-bond acceptors (Lipinski definition) is 3. The van der Waals surface area contributed by atoms with Crippen LogP contribution in [-0.2, 0) is 23.0 Å². The van der Waals surface area contributed by atoms with Gasteiger partial charge in [-0.2, -0.15) is 0 Å². The molecule has 2 amide bonds. The summed E-state index contributed by atoms with van der Waals surface area (Å²) in [7, 11) is -3.69. The van der Waals surface area contributed by atoms with E-state index >= 15 is 0 Å². The normalized spacial score (nSPS) is 11.7. The van der Waals surface area contributed by atoms with Crippen LogP contribution >= 0.6 is 0 Å². The van der Waals surface area contributed by atoms with Crippen LogP contribution < -0.4 is 15.8 Å². The van der Waals surface area contributed by atoms with Crippen molar-refractivity contribution in [2.75, 3.05) is 11.9 Å². The second-order valence-electron chi connectivity index (χ2n) is 7.46. The van der Waals surface area contributed by atoms with Crippen molar-refractivity contribution in [2.45, 2.75) is 31.7 Å². The number of nitrogens with one attached hydrogen (secondary N) is 2. The van der Waals surface area contributed by atoms with Gasteiger partial charge in [0.25, 0.3) is 0 Å². The van der Waals surface area contributed by atoms with Gasteiger partial charge >= 0.3 is 6.03 Å². The summed E-state index contributed by atoms with van der Waals surface area (Å²) in [6, 6.07) is 13.9. The Bertz CT molecular complexity index is 1100. The lowest BCUT2D eigenvalue weighted by atomic mass is 10.1. The van der Waals surface area contributed by atoms with E-state index in [1.165, 1.54) is 12.1 Å². The number of rotatable bonds is 7. The van der Waals surface area contributed by atoms with Crippen molar-refractivity contribution >= 4 is 32.6 Å². The van der Waals surface area contributed by atoms with E-state index in [9.17, 15) is 13.2 Å². The van der Waals surface area contributed by atoms with E-state index in [1.54, 1.807) is 12.1 Å². The molecule has 0 fully saturated rings. The fraction of sp³-hybridized carbons (Fsp3) is 0.286. The fourth-order valence-corrected chi connectivity index (χ4v) is 3.69. The maximum Gasteiger partial charge on any atom is 0.319 e. The van der Waals surface area contributed by atoms with Gasteiger partial charge in [-0.25, -0.2) is 18.4 Å². The van der Waals surface area contributed by atoms with E-state index < -0.39 is 10.0 Å². The van der Waals surface area contributed by atoms with E-state index in [-0.39, 0.29) is 10.9 Å². The molecule has 3 rings (SSSR count). The third-order valence-electron chi connectivity index (χ3n) is 4.54. The van der Waals surface area contributed by atoms with Gasteiger partial charge in [-0.3, -0.25) is 0 Å². The van der Waals surface area contributed by atoms with E-state index in [0.717, 1.165) is 28.7 Å². The topological polar surface area (TPSA) is 106 Å². The van der Waals surface area contributed by atoms with E-state index in [2.05, 4.69) is 35.2 Å². The SMILES string of the molecule is CC(C)Cn1ccc2cc(NC(=O)NCCc3ccc(S(N)(=O)=O)cc3)ccc21. The molecule has 1 aromatic heterocycles. The van der Waals surface area contributed by atoms with Crippen molar-refractivity contribution in [1.29, 1.82) is 0 Å². The zero-order chi connectivity index (χ0) is 21.0. The summed E-state index contributed by atoms with van der Waals surface area (Å²) in [5.41, 5.74) is 2.79. The molecule has 0 spiro atoms. The molecule has 0 bridgehead atoms. The van der Waals surface area contributed by atoms with Crippen LogP contribution in [0.4, 0.5) is 10.5 Å². The van der Waals surface area contributed by atoms with Crippen molar-refractivity contribution in [2.24, 2.45) is 11.1 Å². The number of sulfonamides is 1. The Morgan fingerprint density at radius 3 is 2.48 bits per heavy atom. The van der Waals surface area contributed by atoms with Gasteiger partial charge in [0.2, 0.25) is 10.0 Å². The molecule has 0 atom stereocenters. The summed E-state index contributed by atoms with van der Waals surface area (Å²) in [4.78, 5) is 12.2. The molecule has 154 valence electrons. The molecule has 0 aliphatic carbocycles. The van der Waals surface area contributed by atoms with Crippen LogP contribution in [0.3, 0.4) is 0 Å². The molecule has 2 aromatic carbocycles. The van der Waals surface area contributed by atoms with Crippen molar-refractivity contribution in [3.05, 3.63) is 60.3 Å². The number of nitrogens with two attached hydrogens (primary N) is 1. The first-order valence-electron chi connectivity index (χ1n) is 9.48. The summed E-state index contributed by atoms with van der Waals surface area (Å²) < 4.78 is 24.7. The van der Waals surface area contributed by atoms with Crippen LogP contribution in [0.15, 0.2) is 59.6 Å². The summed E-state index contributed by atoms with van der Waals surface area (Å²) in [6.07, 6.45) is 2.64. The maximum atomic E-state index is 12.2. The van der Waals surface area contributed by atoms with Crippen LogP contribution in [0.2, 0.25) is 0 Å². The number of fused-ring (bicyclic) bond motifs is 1. The molecule has 4 N–H and O–H groups in total. The van der Waals surface area contributed by atoms with Crippen molar-refractivity contribution in [3.8, 4) is 0 Å². The Kier molecular flexibility index (Phi) is 6.24. The van der Waals surface area contributed by atoms with E-state index in [0.29, 0.717) is 18.9 Å². The number of hydrogen-bond donors (Lipinski definition) is 3. The van der Waals surface area contributed by atoms with Gasteiger partial charge in [-0.1, -0.05) is 26.0 Å². The van der Waals surface area contributed by atoms with Gasteiger partial charge in [-0.15, -0.1) is 0 Å². The molecule has 0 radical (unpaired) electrons. The zero-order valence-electron chi connectivity index (χ0n) is 16.6. The molecule has 8 heteroatoms. The van der Waals surface area contributed by atoms with E-state index in [1.807, 2.05) is 24.3 Å². The van der Waals surface area contributed by atoms with Crippen molar-refractivity contribution in [1.82, 2.24) is 9.88 Å². The fourth-order valence-electron chi connectivity index (χ4n) is 3.17. The van der Waals surface area contributed by atoms with E-state index in [4.69, 9.17) is 5.14 Å². The molecule has 0 aliphatic rings. The van der Waals surface area contributed by atoms with Crippen molar-refractivity contribution in [3.63, 3.8) is 0 Å². The van der Waals surface area contributed by atoms with Crippen LogP contribution in [-0.4, -0.2) is 25.6 Å². The third kappa shape index (κ3) is 5.58. The highest BCUT2D eigenvalue weighted by atomic mass is 32.2. The first-order chi connectivity index (χ1) is 13.7. The Balaban J connectivity index is 1.53. The molecule has 0 unspecified atom stereocenters. The van der Waals surface area contributed by atoms with Crippen LogP contribution in [0.25, 0.3) is 10.9 Å². The van der Waals surface area contributed by atoms with Gasteiger partial charge in [0, 0.05) is 35.9 Å². The van der Waals surface area contributed by atoms with Crippen LogP contribution in [0.5, 0.6) is 0 Å². The van der Waals surface area contributed by atoms with Crippen LogP contribution in [0.1, 0.15) is 19.4 Å². The van der Waals surface area contributed by atoms with Gasteiger partial charge in [0.1, 0.15) is 0 Å². The first kappa shape index (κ1) is 20.9. The minimum atomic E-state index is -3.69. The number of benzene rings is 2. The number of carbonyl (C=O) groups excluding carboxylic acids is 1. The highest BCUT2D eigenvalue weighted by molar-refractivity contribution is 7.89. The predicted molar refractivity (Wildman–Crippen MR) is 115 cm³/mol. The standard InChI is InChI=1S/C21H26N4O3S/c1-15(2)14-25-12-10-17-13-18(5-8-20(17)25)24-21(26)23-11-9-16-3-6-19(7-4-16)29(22,27)28/h3-8,10,12-13,15H,9,11,14H2,1-2H3,(H2,22,27,28)(H2,23,24,26). The van der Waals surface area contributed by atoms with Crippen LogP contribution in [0, 0.1) is 5.92 Å². The minimum absolute atomic E-state index is 0.0737. The predicted octanol–water partition coefficient (Wildman–Crippen LogP) is 3.31. The molecule has 7 nitrogen and oxygen atoms in total. The quantitative estimate of drug-likeness (QED) is 0.552. The monoisotopic (exact) mass is 414 g/mol. The zero-order valence-corrected chi connectivity index (χ0v) is 17.4. The summed E-state index contributed by atoms with van der Waals surface area (Å²) in [6.45, 7) is 5.74. The van der Waals surface area contributed by atoms with Gasteiger partial charge < -0.3 is 15.2 Å². The lowest BCUT2D eigenvalue weighted by molar-refractivity contribution is 0.252. The first-order valence-corrected chi connectivity index (χ1v) is 11.0. The van der Waals surface area contributed by atoms with Gasteiger partial charge in [0.05, 0.1) is 4.90 Å². The van der Waals surface area contributed by atoms with Gasteiger partial charge in [0.15, 0.2) is 0 Å². The molecular weight excluding hydrogens is 388 g/mol. The number of nitrogens with zero attached hydrogens (tertiary/aromatic N) is 1. The molecule has 29 heavy (non-hydrogen) atoms. The minimum Gasteiger partial charge on any atom is -0.347 e. The molecule has 0 saturated heterocycles. The summed E-state index contributed by atoms with van der Waals surface area (Å²) in [5.74, 6) is 0.560. The average Bonchev–Trinajstić information content (AvgIpc) is 3.03. The molecule has 1 heterocycles. The lowest BCUT2D eigenvalue weighted by Gasteiger charge is -2.10. The Labute approximate surface area is 171 Å². The highest BCUT2D eigenvalue weighted by Crippen LogP contribution is 2.21. The van der Waals surface area contributed by atoms with Crippen molar-refractivity contribution < 1.29 is 13.2 Å². The molecule has 0 aliphatic heterocycles. The number of urea groups is 1. The second-order valence-corrected chi connectivity index (χ2v) is 9.02. The van der Waals surface area contributed by atoms with Gasteiger partial charge in [-0.05, 0) is 54.3 Å². The number of anilines is 1. The molecule has 0 saturated carbocycles.